The first-order chi connectivity index (χ1) is 17.0. The Morgan fingerprint density at radius 1 is 1.26 bits per heavy atom. The number of hydrogen-bond acceptors (Lipinski definition) is 7. The Balaban J connectivity index is 1.27. The fourth-order valence-corrected chi connectivity index (χ4v) is 5.66. The number of aromatic carboxylic acids is 1. The van der Waals surface area contributed by atoms with Gasteiger partial charge in [0.15, 0.2) is 5.82 Å². The second kappa shape index (κ2) is 8.47. The number of carboxylic acids is 1. The Bertz CT molecular complexity index is 1550. The molecule has 8 nitrogen and oxygen atoms in total. The van der Waals surface area contributed by atoms with Crippen LogP contribution in [0.1, 0.15) is 45.3 Å². The maximum atomic E-state index is 14.5. The Morgan fingerprint density at radius 2 is 2.14 bits per heavy atom. The molecule has 1 N–H and O–H groups in total. The van der Waals surface area contributed by atoms with Crippen LogP contribution in [0.25, 0.3) is 22.4 Å². The predicted octanol–water partition coefficient (Wildman–Crippen LogP) is 5.19. The van der Waals surface area contributed by atoms with Crippen LogP contribution in [0.2, 0.25) is 5.02 Å². The van der Waals surface area contributed by atoms with Crippen molar-refractivity contribution >= 4 is 40.2 Å². The highest BCUT2D eigenvalue weighted by Crippen LogP contribution is 2.41. The zero-order valence-corrected chi connectivity index (χ0v) is 19.6. The van der Waals surface area contributed by atoms with Crippen molar-refractivity contribution in [1.29, 1.82) is 0 Å². The van der Waals surface area contributed by atoms with Crippen molar-refractivity contribution in [3.63, 3.8) is 0 Å². The molecule has 1 aromatic carbocycles. The molecule has 4 aromatic rings. The molecule has 4 heterocycles. The number of aromatic nitrogens is 5. The molecule has 0 saturated carbocycles. The first-order valence-electron chi connectivity index (χ1n) is 10.8. The van der Waals surface area contributed by atoms with Gasteiger partial charge in [0, 0.05) is 57.5 Å². The van der Waals surface area contributed by atoms with Gasteiger partial charge in [-0.05, 0) is 58.7 Å². The lowest BCUT2D eigenvalue weighted by Gasteiger charge is -2.13. The average Bonchev–Trinajstić information content (AvgIpc) is 3.64. The molecule has 0 radical (unpaired) electrons. The summed E-state index contributed by atoms with van der Waals surface area (Å²) in [5.41, 5.74) is 6.58. The zero-order valence-electron chi connectivity index (χ0n) is 18.0. The van der Waals surface area contributed by atoms with Gasteiger partial charge in [-0.25, -0.2) is 9.18 Å². The van der Waals surface area contributed by atoms with Crippen LogP contribution in [0.15, 0.2) is 53.4 Å². The number of carbonyl (C=O) groups is 1. The van der Waals surface area contributed by atoms with Gasteiger partial charge < -0.3 is 5.11 Å². The van der Waals surface area contributed by atoms with E-state index in [4.69, 9.17) is 21.7 Å². The van der Waals surface area contributed by atoms with Gasteiger partial charge in [0.2, 0.25) is 0 Å². The van der Waals surface area contributed by atoms with Crippen LogP contribution >= 0.6 is 22.9 Å². The number of aryl methyl sites for hydroxylation is 1. The highest BCUT2D eigenvalue weighted by atomic mass is 35.5. The summed E-state index contributed by atoms with van der Waals surface area (Å²) in [5, 5.41) is 22.7. The molecule has 6 rings (SSSR count). The molecule has 0 fully saturated rings. The maximum absolute atomic E-state index is 14.5. The molecule has 11 heteroatoms. The topological polar surface area (TPSA) is 106 Å². The smallest absolute Gasteiger partial charge is 0.348 e. The third kappa shape index (κ3) is 3.75. The summed E-state index contributed by atoms with van der Waals surface area (Å²) in [5.74, 6) is -1.92. The number of benzene rings is 1. The summed E-state index contributed by atoms with van der Waals surface area (Å²) in [6, 6.07) is 7.64. The van der Waals surface area contributed by atoms with Gasteiger partial charge in [-0.15, -0.1) is 16.4 Å². The van der Waals surface area contributed by atoms with Gasteiger partial charge in [-0.1, -0.05) is 11.6 Å². The minimum absolute atomic E-state index is 0.0341. The fourth-order valence-electron chi connectivity index (χ4n) is 4.68. The van der Waals surface area contributed by atoms with Crippen molar-refractivity contribution in [3.8, 4) is 16.8 Å². The Kier molecular flexibility index (Phi) is 5.27. The molecule has 2 aliphatic rings. The van der Waals surface area contributed by atoms with Gasteiger partial charge >= 0.3 is 5.97 Å². The monoisotopic (exact) mass is 506 g/mol. The number of carboxylic acid groups (broad SMARTS) is 1. The van der Waals surface area contributed by atoms with E-state index in [2.05, 4.69) is 26.6 Å². The summed E-state index contributed by atoms with van der Waals surface area (Å²) in [6.45, 7) is 0. The summed E-state index contributed by atoms with van der Waals surface area (Å²) in [4.78, 5) is 20.3. The van der Waals surface area contributed by atoms with Gasteiger partial charge in [0.25, 0.3) is 0 Å². The number of thiophene rings is 1. The quantitative estimate of drug-likeness (QED) is 0.399. The highest BCUT2D eigenvalue weighted by Gasteiger charge is 2.32. The molecule has 174 valence electrons. The van der Waals surface area contributed by atoms with Crippen molar-refractivity contribution in [3.05, 3.63) is 80.9 Å². The summed E-state index contributed by atoms with van der Waals surface area (Å²) in [7, 11) is 0. The maximum Gasteiger partial charge on any atom is 0.348 e. The molecule has 0 bridgehead atoms. The van der Waals surface area contributed by atoms with Crippen molar-refractivity contribution in [2.24, 2.45) is 4.99 Å². The minimum Gasteiger partial charge on any atom is -0.477 e. The van der Waals surface area contributed by atoms with Crippen LogP contribution in [0, 0.1) is 5.82 Å². The standard InChI is InChI=1S/C24H16ClFN6O2S/c25-15-2-4-20(32-11-29-30-31-32)17(7-15)13-5-12-1-3-16(22(12)28-9-13)19-6-14(8-27-19)18-10-35-23(21(18)26)24(33)34/h2,4-5,7-11,16H,1,3,6H2,(H,33,34). The number of allylic oxidation sites excluding steroid dienone is 1. The molecule has 35 heavy (non-hydrogen) atoms. The second-order valence-electron chi connectivity index (χ2n) is 8.32. The summed E-state index contributed by atoms with van der Waals surface area (Å²) in [6.07, 6.45) is 7.15. The van der Waals surface area contributed by atoms with E-state index in [1.165, 1.54) is 6.33 Å². The van der Waals surface area contributed by atoms with Crippen molar-refractivity contribution in [2.75, 3.05) is 0 Å². The second-order valence-corrected chi connectivity index (χ2v) is 9.64. The van der Waals surface area contributed by atoms with Gasteiger partial charge in [0.1, 0.15) is 11.2 Å². The van der Waals surface area contributed by atoms with E-state index in [9.17, 15) is 9.18 Å². The van der Waals surface area contributed by atoms with E-state index >= 15 is 0 Å². The van der Waals surface area contributed by atoms with Crippen LogP contribution in [-0.2, 0) is 6.42 Å². The zero-order chi connectivity index (χ0) is 24.1. The van der Waals surface area contributed by atoms with Crippen LogP contribution in [-0.4, -0.2) is 42.0 Å². The Hall–Kier alpha value is -3.76. The lowest BCUT2D eigenvalue weighted by molar-refractivity contribution is 0.0697. The van der Waals surface area contributed by atoms with Gasteiger partial charge in [0.05, 0.1) is 11.4 Å². The van der Waals surface area contributed by atoms with Crippen LogP contribution in [0.3, 0.4) is 0 Å². The third-order valence-electron chi connectivity index (χ3n) is 6.33. The molecule has 1 atom stereocenters. The van der Waals surface area contributed by atoms with Crippen LogP contribution in [0.5, 0.6) is 0 Å². The van der Waals surface area contributed by atoms with Crippen molar-refractivity contribution in [2.45, 2.75) is 25.2 Å². The Labute approximate surface area is 207 Å². The number of nitrogens with zero attached hydrogens (tertiary/aromatic N) is 6. The molecular weight excluding hydrogens is 491 g/mol. The lowest BCUT2D eigenvalue weighted by Crippen LogP contribution is -2.10. The highest BCUT2D eigenvalue weighted by molar-refractivity contribution is 7.12. The van der Waals surface area contributed by atoms with Crippen molar-refractivity contribution in [1.82, 2.24) is 25.2 Å². The van der Waals surface area contributed by atoms with E-state index in [1.807, 2.05) is 18.3 Å². The van der Waals surface area contributed by atoms with E-state index in [0.29, 0.717) is 22.6 Å². The predicted molar refractivity (Wildman–Crippen MR) is 130 cm³/mol. The first-order valence-corrected chi connectivity index (χ1v) is 12.0. The number of fused-ring (bicyclic) bond motifs is 1. The SMILES string of the molecule is O=C(O)c1scc(C2=CN=C(C3CCc4cc(-c5cc(Cl)ccc5-n5cnnn5)cnc43)C2)c1F. The molecular formula is C24H16ClFN6O2S. The minimum atomic E-state index is -1.26. The molecule has 3 aromatic heterocycles. The van der Waals surface area contributed by atoms with Crippen molar-refractivity contribution < 1.29 is 14.3 Å². The molecule has 0 saturated heterocycles. The van der Waals surface area contributed by atoms with Crippen LogP contribution < -0.4 is 0 Å². The first kappa shape index (κ1) is 21.8. The summed E-state index contributed by atoms with van der Waals surface area (Å²) >= 11 is 7.18. The molecule has 0 amide bonds. The number of halogens is 2. The number of rotatable bonds is 5. The Morgan fingerprint density at radius 3 is 2.91 bits per heavy atom. The normalized spacial score (nSPS) is 16.8. The van der Waals surface area contributed by atoms with Crippen LogP contribution in [0.4, 0.5) is 4.39 Å². The number of hydrogen-bond donors (Lipinski definition) is 1. The third-order valence-corrected chi connectivity index (χ3v) is 7.51. The molecule has 1 unspecified atom stereocenters. The van der Waals surface area contributed by atoms with Gasteiger partial charge in [-0.2, -0.15) is 4.68 Å². The average molecular weight is 507 g/mol. The fraction of sp³-hybridized carbons (Fsp3) is 0.167. The van der Waals surface area contributed by atoms with E-state index in [1.54, 1.807) is 22.3 Å². The largest absolute Gasteiger partial charge is 0.477 e. The summed E-state index contributed by atoms with van der Waals surface area (Å²) < 4.78 is 16.1. The van der Waals surface area contributed by atoms with E-state index in [0.717, 1.165) is 58.0 Å². The lowest BCUT2D eigenvalue weighted by atomic mass is 9.94. The molecule has 0 spiro atoms. The van der Waals surface area contributed by atoms with Gasteiger partial charge in [-0.3, -0.25) is 9.98 Å². The molecule has 1 aliphatic carbocycles. The number of pyridine rings is 1. The number of aliphatic imine (C=N–C) groups is 1. The van der Waals surface area contributed by atoms with E-state index in [-0.39, 0.29) is 10.8 Å². The molecule has 1 aliphatic heterocycles. The van der Waals surface area contributed by atoms with E-state index < -0.39 is 11.8 Å². The number of tetrazole rings is 1.